The van der Waals surface area contributed by atoms with Gasteiger partial charge in [-0.15, -0.1) is 0 Å². The number of benzene rings is 2. The lowest BCUT2D eigenvalue weighted by Gasteiger charge is -2.09. The Kier molecular flexibility index (Phi) is 4.10. The summed E-state index contributed by atoms with van der Waals surface area (Å²) >= 11 is 0. The summed E-state index contributed by atoms with van der Waals surface area (Å²) in [6.45, 7) is 2.23. The first kappa shape index (κ1) is 14.2. The largest absolute Gasteiger partial charge is 0.493 e. The third-order valence-electron chi connectivity index (χ3n) is 3.24. The van der Waals surface area contributed by atoms with Gasteiger partial charge in [-0.1, -0.05) is 30.4 Å². The Morgan fingerprint density at radius 2 is 2.00 bits per heavy atom. The van der Waals surface area contributed by atoms with Gasteiger partial charge in [0.05, 0.1) is 7.11 Å². The van der Waals surface area contributed by atoms with Crippen molar-refractivity contribution >= 4 is 17.2 Å². The van der Waals surface area contributed by atoms with Crippen LogP contribution in [-0.4, -0.2) is 12.1 Å². The Bertz CT molecular complexity index is 772. The van der Waals surface area contributed by atoms with E-state index in [1.807, 2.05) is 61.5 Å². The number of aromatic nitrogens is 1. The zero-order valence-corrected chi connectivity index (χ0v) is 12.6. The van der Waals surface area contributed by atoms with E-state index in [4.69, 9.17) is 13.9 Å². The van der Waals surface area contributed by atoms with Gasteiger partial charge in [-0.2, -0.15) is 0 Å². The summed E-state index contributed by atoms with van der Waals surface area (Å²) in [5, 5.41) is 0. The molecule has 0 aliphatic heterocycles. The SMILES string of the molecule is C/C=C/c1ccc(OCc2nc3ccccc3o2)c(OC)c1. The van der Waals surface area contributed by atoms with Crippen LogP contribution >= 0.6 is 0 Å². The molecule has 0 aliphatic rings. The molecule has 0 fully saturated rings. The fourth-order valence-electron chi connectivity index (χ4n) is 2.22. The molecule has 0 saturated heterocycles. The number of para-hydroxylation sites is 2. The Balaban J connectivity index is 1.78. The van der Waals surface area contributed by atoms with Crippen LogP contribution in [0.4, 0.5) is 0 Å². The molecule has 4 heteroatoms. The summed E-state index contributed by atoms with van der Waals surface area (Å²) < 4.78 is 16.8. The lowest BCUT2D eigenvalue weighted by atomic mass is 10.2. The Hall–Kier alpha value is -2.75. The van der Waals surface area contributed by atoms with Gasteiger partial charge in [0, 0.05) is 0 Å². The Morgan fingerprint density at radius 1 is 1.14 bits per heavy atom. The van der Waals surface area contributed by atoms with E-state index in [9.17, 15) is 0 Å². The van der Waals surface area contributed by atoms with Crippen LogP contribution in [0.3, 0.4) is 0 Å². The van der Waals surface area contributed by atoms with Crippen molar-refractivity contribution in [3.63, 3.8) is 0 Å². The first-order valence-electron chi connectivity index (χ1n) is 7.08. The molecule has 0 unspecified atom stereocenters. The zero-order chi connectivity index (χ0) is 15.4. The summed E-state index contributed by atoms with van der Waals surface area (Å²) in [5.41, 5.74) is 2.65. The Labute approximate surface area is 129 Å². The second-order valence-electron chi connectivity index (χ2n) is 4.77. The summed E-state index contributed by atoms with van der Waals surface area (Å²) in [6, 6.07) is 13.4. The summed E-state index contributed by atoms with van der Waals surface area (Å²) in [4.78, 5) is 4.39. The monoisotopic (exact) mass is 295 g/mol. The van der Waals surface area contributed by atoms with Gasteiger partial charge in [-0.25, -0.2) is 4.98 Å². The average Bonchev–Trinajstić information content (AvgIpc) is 2.96. The van der Waals surface area contributed by atoms with Crippen LogP contribution in [0.25, 0.3) is 17.2 Å². The van der Waals surface area contributed by atoms with Gasteiger partial charge in [0.15, 0.2) is 23.7 Å². The predicted molar refractivity (Wildman–Crippen MR) is 86.0 cm³/mol. The lowest BCUT2D eigenvalue weighted by Crippen LogP contribution is -1.98. The van der Waals surface area contributed by atoms with Gasteiger partial charge in [0.1, 0.15) is 5.52 Å². The number of methoxy groups -OCH3 is 1. The number of ether oxygens (including phenoxy) is 2. The molecule has 0 N–H and O–H groups in total. The van der Waals surface area contributed by atoms with Gasteiger partial charge < -0.3 is 13.9 Å². The summed E-state index contributed by atoms with van der Waals surface area (Å²) in [5.74, 6) is 1.89. The van der Waals surface area contributed by atoms with Crippen LogP contribution in [0.5, 0.6) is 11.5 Å². The molecule has 3 aromatic rings. The van der Waals surface area contributed by atoms with Crippen LogP contribution in [0.1, 0.15) is 18.4 Å². The van der Waals surface area contributed by atoms with E-state index in [0.29, 0.717) is 17.4 Å². The maximum absolute atomic E-state index is 5.77. The van der Waals surface area contributed by atoms with Crippen LogP contribution < -0.4 is 9.47 Å². The molecule has 3 rings (SSSR count). The lowest BCUT2D eigenvalue weighted by molar-refractivity contribution is 0.253. The van der Waals surface area contributed by atoms with Crippen molar-refractivity contribution in [3.8, 4) is 11.5 Å². The van der Waals surface area contributed by atoms with E-state index < -0.39 is 0 Å². The first-order valence-corrected chi connectivity index (χ1v) is 7.08. The van der Waals surface area contributed by atoms with Crippen molar-refractivity contribution < 1.29 is 13.9 Å². The van der Waals surface area contributed by atoms with Crippen molar-refractivity contribution in [1.29, 1.82) is 0 Å². The standard InChI is InChI=1S/C18H17NO3/c1-3-6-13-9-10-16(17(11-13)20-2)21-12-18-19-14-7-4-5-8-15(14)22-18/h3-11H,12H2,1-2H3/b6-3+. The molecular formula is C18H17NO3. The molecule has 0 atom stereocenters. The number of rotatable bonds is 5. The van der Waals surface area contributed by atoms with Crippen molar-refractivity contribution in [1.82, 2.24) is 4.98 Å². The molecule has 0 amide bonds. The van der Waals surface area contributed by atoms with Gasteiger partial charge in [-0.05, 0) is 36.8 Å². The molecule has 0 aliphatic carbocycles. The third kappa shape index (κ3) is 2.96. The highest BCUT2D eigenvalue weighted by molar-refractivity contribution is 5.72. The number of nitrogens with zero attached hydrogens (tertiary/aromatic N) is 1. The summed E-state index contributed by atoms with van der Waals surface area (Å²) in [7, 11) is 1.63. The molecular weight excluding hydrogens is 278 g/mol. The fourth-order valence-corrected chi connectivity index (χ4v) is 2.22. The van der Waals surface area contributed by atoms with Crippen LogP contribution in [0.15, 0.2) is 53.0 Å². The second kappa shape index (κ2) is 6.35. The van der Waals surface area contributed by atoms with Gasteiger partial charge in [0.2, 0.25) is 5.89 Å². The van der Waals surface area contributed by atoms with E-state index >= 15 is 0 Å². The Morgan fingerprint density at radius 3 is 2.77 bits per heavy atom. The molecule has 0 radical (unpaired) electrons. The van der Waals surface area contributed by atoms with E-state index in [1.165, 1.54) is 0 Å². The van der Waals surface area contributed by atoms with Gasteiger partial charge >= 0.3 is 0 Å². The first-order chi connectivity index (χ1) is 10.8. The fraction of sp³-hybridized carbons (Fsp3) is 0.167. The molecule has 0 bridgehead atoms. The smallest absolute Gasteiger partial charge is 0.233 e. The minimum Gasteiger partial charge on any atom is -0.493 e. The minimum absolute atomic E-state index is 0.258. The molecule has 1 aromatic heterocycles. The third-order valence-corrected chi connectivity index (χ3v) is 3.24. The van der Waals surface area contributed by atoms with E-state index in [2.05, 4.69) is 4.98 Å². The van der Waals surface area contributed by atoms with E-state index in [0.717, 1.165) is 16.7 Å². The van der Waals surface area contributed by atoms with Crippen LogP contribution in [-0.2, 0) is 6.61 Å². The summed E-state index contributed by atoms with van der Waals surface area (Å²) in [6.07, 6.45) is 3.99. The molecule has 4 nitrogen and oxygen atoms in total. The van der Waals surface area contributed by atoms with Gasteiger partial charge in [0.25, 0.3) is 0 Å². The minimum atomic E-state index is 0.258. The zero-order valence-electron chi connectivity index (χ0n) is 12.6. The maximum atomic E-state index is 5.77. The second-order valence-corrected chi connectivity index (χ2v) is 4.77. The number of allylic oxidation sites excluding steroid dienone is 1. The highest BCUT2D eigenvalue weighted by Gasteiger charge is 2.09. The van der Waals surface area contributed by atoms with Crippen molar-refractivity contribution in [2.45, 2.75) is 13.5 Å². The average molecular weight is 295 g/mol. The number of fused-ring (bicyclic) bond motifs is 1. The number of oxazole rings is 1. The number of hydrogen-bond donors (Lipinski definition) is 0. The highest BCUT2D eigenvalue weighted by atomic mass is 16.5. The highest BCUT2D eigenvalue weighted by Crippen LogP contribution is 2.29. The molecule has 0 saturated carbocycles. The predicted octanol–water partition coefficient (Wildman–Crippen LogP) is 4.45. The molecule has 112 valence electrons. The van der Waals surface area contributed by atoms with Crippen molar-refractivity contribution in [2.75, 3.05) is 7.11 Å². The normalized spacial score (nSPS) is 11.2. The molecule has 1 heterocycles. The van der Waals surface area contributed by atoms with Crippen molar-refractivity contribution in [3.05, 3.63) is 60.0 Å². The van der Waals surface area contributed by atoms with E-state index in [1.54, 1.807) is 7.11 Å². The van der Waals surface area contributed by atoms with Crippen LogP contribution in [0.2, 0.25) is 0 Å². The van der Waals surface area contributed by atoms with Gasteiger partial charge in [-0.3, -0.25) is 0 Å². The quantitative estimate of drug-likeness (QED) is 0.697. The van der Waals surface area contributed by atoms with Crippen molar-refractivity contribution in [2.24, 2.45) is 0 Å². The number of hydrogen-bond acceptors (Lipinski definition) is 4. The maximum Gasteiger partial charge on any atom is 0.233 e. The topological polar surface area (TPSA) is 44.5 Å². The van der Waals surface area contributed by atoms with E-state index in [-0.39, 0.29) is 6.61 Å². The molecule has 2 aromatic carbocycles. The van der Waals surface area contributed by atoms with Crippen LogP contribution in [0, 0.1) is 0 Å². The molecule has 0 spiro atoms. The molecule has 22 heavy (non-hydrogen) atoms.